The minimum Gasteiger partial charge on any atom is -0.481 e. The van der Waals surface area contributed by atoms with Crippen LogP contribution in [-0.4, -0.2) is 35.1 Å². The largest absolute Gasteiger partial charge is 0.481 e. The molecule has 1 aliphatic rings. The Balaban J connectivity index is 2.29. The lowest BCUT2D eigenvalue weighted by molar-refractivity contribution is -0.137. The van der Waals surface area contributed by atoms with Gasteiger partial charge < -0.3 is 10.0 Å². The van der Waals surface area contributed by atoms with Crippen LogP contribution >= 0.6 is 0 Å². The predicted molar refractivity (Wildman–Crippen MR) is 60.8 cm³/mol. The van der Waals surface area contributed by atoms with E-state index in [0.717, 1.165) is 19.5 Å². The maximum Gasteiger partial charge on any atom is 0.303 e. The van der Waals surface area contributed by atoms with Crippen LogP contribution in [0.2, 0.25) is 0 Å². The molecule has 1 rings (SSSR count). The Morgan fingerprint density at radius 1 is 1.47 bits per heavy atom. The monoisotopic (exact) mass is 213 g/mol. The molecule has 0 aromatic carbocycles. The number of hydrogen-bond acceptors (Lipinski definition) is 2. The molecule has 1 heterocycles. The van der Waals surface area contributed by atoms with Crippen LogP contribution in [0.1, 0.15) is 40.0 Å². The normalized spacial score (nSPS) is 24.7. The highest BCUT2D eigenvalue weighted by molar-refractivity contribution is 5.66. The number of rotatable bonds is 5. The van der Waals surface area contributed by atoms with Crippen molar-refractivity contribution >= 4 is 5.97 Å². The molecule has 0 aliphatic carbocycles. The molecule has 1 fully saturated rings. The van der Waals surface area contributed by atoms with E-state index in [1.54, 1.807) is 0 Å². The summed E-state index contributed by atoms with van der Waals surface area (Å²) in [5.74, 6) is 0.621. The van der Waals surface area contributed by atoms with E-state index in [-0.39, 0.29) is 0 Å². The molecule has 15 heavy (non-hydrogen) atoms. The quantitative estimate of drug-likeness (QED) is 0.761. The maximum absolute atomic E-state index is 10.5. The molecule has 1 N–H and O–H groups in total. The van der Waals surface area contributed by atoms with Crippen molar-refractivity contribution < 1.29 is 9.90 Å². The smallest absolute Gasteiger partial charge is 0.303 e. The van der Waals surface area contributed by atoms with Crippen LogP contribution in [-0.2, 0) is 4.79 Å². The molecule has 0 saturated carbocycles. The number of carbonyl (C=O) groups is 1. The van der Waals surface area contributed by atoms with E-state index in [1.165, 1.54) is 6.42 Å². The highest BCUT2D eigenvalue weighted by atomic mass is 16.4. The Bertz CT molecular complexity index is 216. The van der Waals surface area contributed by atoms with Crippen LogP contribution in [0.5, 0.6) is 0 Å². The number of nitrogens with zero attached hydrogens (tertiary/aromatic N) is 1. The van der Waals surface area contributed by atoms with E-state index in [1.807, 2.05) is 0 Å². The first-order valence-corrected chi connectivity index (χ1v) is 5.96. The highest BCUT2D eigenvalue weighted by Gasteiger charge is 2.27. The maximum atomic E-state index is 10.5. The third-order valence-electron chi connectivity index (χ3n) is 3.62. The van der Waals surface area contributed by atoms with E-state index >= 15 is 0 Å². The van der Waals surface area contributed by atoms with Crippen molar-refractivity contribution in [3.8, 4) is 0 Å². The summed E-state index contributed by atoms with van der Waals surface area (Å²) in [4.78, 5) is 13.0. The lowest BCUT2D eigenvalue weighted by Crippen LogP contribution is -2.34. The zero-order valence-electron chi connectivity index (χ0n) is 10.1. The molecular formula is C12H23NO2. The van der Waals surface area contributed by atoms with Crippen molar-refractivity contribution in [3.05, 3.63) is 0 Å². The van der Waals surface area contributed by atoms with Gasteiger partial charge in [-0.25, -0.2) is 0 Å². The highest BCUT2D eigenvalue weighted by Crippen LogP contribution is 2.24. The van der Waals surface area contributed by atoms with E-state index < -0.39 is 5.97 Å². The van der Waals surface area contributed by atoms with E-state index in [9.17, 15) is 4.79 Å². The van der Waals surface area contributed by atoms with Gasteiger partial charge in [-0.2, -0.15) is 0 Å². The first-order valence-electron chi connectivity index (χ1n) is 5.96. The van der Waals surface area contributed by atoms with E-state index in [0.29, 0.717) is 24.3 Å². The average Bonchev–Trinajstić information content (AvgIpc) is 2.61. The summed E-state index contributed by atoms with van der Waals surface area (Å²) in [5, 5.41) is 8.62. The Morgan fingerprint density at radius 3 is 2.67 bits per heavy atom. The molecule has 2 atom stereocenters. The minimum atomic E-state index is -0.662. The van der Waals surface area contributed by atoms with Gasteiger partial charge in [0.2, 0.25) is 0 Å². The van der Waals surface area contributed by atoms with Crippen molar-refractivity contribution in [2.45, 2.75) is 46.1 Å². The average molecular weight is 213 g/mol. The van der Waals surface area contributed by atoms with Gasteiger partial charge in [0.05, 0.1) is 0 Å². The number of carboxylic acids is 1. The van der Waals surface area contributed by atoms with Crippen molar-refractivity contribution in [2.75, 3.05) is 13.1 Å². The standard InChI is InChI=1S/C12H23NO2/c1-9(2)10(3)13-7-6-11(8-13)4-5-12(14)15/h9-11H,4-8H2,1-3H3,(H,14,15). The Morgan fingerprint density at radius 2 is 2.13 bits per heavy atom. The molecule has 0 radical (unpaired) electrons. The van der Waals surface area contributed by atoms with Crippen molar-refractivity contribution in [1.82, 2.24) is 4.90 Å². The van der Waals surface area contributed by atoms with Crippen LogP contribution < -0.4 is 0 Å². The van der Waals surface area contributed by atoms with Gasteiger partial charge >= 0.3 is 5.97 Å². The molecule has 0 aromatic heterocycles. The Kier molecular flexibility index (Phi) is 4.58. The zero-order chi connectivity index (χ0) is 11.4. The second kappa shape index (κ2) is 5.50. The summed E-state index contributed by atoms with van der Waals surface area (Å²) in [6.07, 6.45) is 2.34. The van der Waals surface area contributed by atoms with Gasteiger partial charge in [0, 0.05) is 19.0 Å². The van der Waals surface area contributed by atoms with Gasteiger partial charge in [-0.3, -0.25) is 4.79 Å². The number of aliphatic carboxylic acids is 1. The molecule has 0 spiro atoms. The van der Waals surface area contributed by atoms with Gasteiger partial charge in [-0.1, -0.05) is 13.8 Å². The van der Waals surface area contributed by atoms with Crippen LogP contribution in [0.3, 0.4) is 0 Å². The fourth-order valence-corrected chi connectivity index (χ4v) is 2.22. The van der Waals surface area contributed by atoms with Crippen molar-refractivity contribution in [1.29, 1.82) is 0 Å². The van der Waals surface area contributed by atoms with Crippen molar-refractivity contribution in [3.63, 3.8) is 0 Å². The third kappa shape index (κ3) is 3.82. The van der Waals surface area contributed by atoms with Crippen molar-refractivity contribution in [2.24, 2.45) is 11.8 Å². The summed E-state index contributed by atoms with van der Waals surface area (Å²) >= 11 is 0. The summed E-state index contributed by atoms with van der Waals surface area (Å²) in [5.41, 5.74) is 0. The van der Waals surface area contributed by atoms with Gasteiger partial charge in [0.25, 0.3) is 0 Å². The van der Waals surface area contributed by atoms with Gasteiger partial charge in [-0.15, -0.1) is 0 Å². The fourth-order valence-electron chi connectivity index (χ4n) is 2.22. The van der Waals surface area contributed by atoms with Crippen LogP contribution in [0.4, 0.5) is 0 Å². The summed E-state index contributed by atoms with van der Waals surface area (Å²) < 4.78 is 0. The molecule has 0 aromatic rings. The lowest BCUT2D eigenvalue weighted by atomic mass is 10.0. The van der Waals surface area contributed by atoms with Gasteiger partial charge in [0.15, 0.2) is 0 Å². The number of carboxylic acid groups (broad SMARTS) is 1. The topological polar surface area (TPSA) is 40.5 Å². The molecule has 0 amide bonds. The Hall–Kier alpha value is -0.570. The molecular weight excluding hydrogens is 190 g/mol. The lowest BCUT2D eigenvalue weighted by Gasteiger charge is -2.27. The van der Waals surface area contributed by atoms with Crippen LogP contribution in [0.25, 0.3) is 0 Å². The zero-order valence-corrected chi connectivity index (χ0v) is 10.1. The molecule has 3 nitrogen and oxygen atoms in total. The summed E-state index contributed by atoms with van der Waals surface area (Å²) in [6.45, 7) is 8.99. The molecule has 0 bridgehead atoms. The van der Waals surface area contributed by atoms with Gasteiger partial charge in [0.1, 0.15) is 0 Å². The van der Waals surface area contributed by atoms with Gasteiger partial charge in [-0.05, 0) is 38.1 Å². The summed E-state index contributed by atoms with van der Waals surface area (Å²) in [7, 11) is 0. The second-order valence-electron chi connectivity index (χ2n) is 5.07. The summed E-state index contributed by atoms with van der Waals surface area (Å²) in [6, 6.07) is 0.625. The van der Waals surface area contributed by atoms with Crippen LogP contribution in [0, 0.1) is 11.8 Å². The molecule has 2 unspecified atom stereocenters. The number of hydrogen-bond donors (Lipinski definition) is 1. The molecule has 88 valence electrons. The number of likely N-dealkylation sites (tertiary alicyclic amines) is 1. The third-order valence-corrected chi connectivity index (χ3v) is 3.62. The first kappa shape index (κ1) is 12.5. The first-order chi connectivity index (χ1) is 7.00. The van der Waals surface area contributed by atoms with Crippen LogP contribution in [0.15, 0.2) is 0 Å². The second-order valence-corrected chi connectivity index (χ2v) is 5.07. The molecule has 1 aliphatic heterocycles. The van der Waals surface area contributed by atoms with E-state index in [4.69, 9.17) is 5.11 Å². The fraction of sp³-hybridized carbons (Fsp3) is 0.917. The molecule has 3 heteroatoms. The van der Waals surface area contributed by atoms with E-state index in [2.05, 4.69) is 25.7 Å². The Labute approximate surface area is 92.5 Å². The minimum absolute atomic E-state index is 0.328. The molecule has 1 saturated heterocycles. The predicted octanol–water partition coefficient (Wildman–Crippen LogP) is 2.22. The SMILES string of the molecule is CC(C)C(C)N1CCC(CCC(=O)O)C1.